The van der Waals surface area contributed by atoms with Gasteiger partial charge in [0, 0.05) is 45.6 Å². The van der Waals surface area contributed by atoms with Crippen LogP contribution in [0.1, 0.15) is 23.6 Å². The van der Waals surface area contributed by atoms with Gasteiger partial charge in [0.2, 0.25) is 0 Å². The van der Waals surface area contributed by atoms with Crippen molar-refractivity contribution in [1.29, 1.82) is 0 Å². The van der Waals surface area contributed by atoms with E-state index in [1.165, 1.54) is 12.1 Å². The number of aryl methyl sites for hydroxylation is 1. The van der Waals surface area contributed by atoms with Crippen LogP contribution in [0.2, 0.25) is 0 Å². The molecule has 1 aromatic carbocycles. The Labute approximate surface area is 153 Å². The molecule has 2 aromatic rings. The lowest BCUT2D eigenvalue weighted by Crippen LogP contribution is -2.49. The summed E-state index contributed by atoms with van der Waals surface area (Å²) in [5, 5.41) is 11.0. The van der Waals surface area contributed by atoms with Crippen LogP contribution in [0, 0.1) is 5.82 Å². The van der Waals surface area contributed by atoms with Gasteiger partial charge in [-0.2, -0.15) is 22.9 Å². The van der Waals surface area contributed by atoms with Gasteiger partial charge in [-0.3, -0.25) is 4.90 Å². The van der Waals surface area contributed by atoms with Gasteiger partial charge < -0.3 is 4.90 Å². The lowest BCUT2D eigenvalue weighted by molar-refractivity contribution is -0.147. The summed E-state index contributed by atoms with van der Waals surface area (Å²) in [5.74, 6) is -0.485. The molecule has 0 aliphatic carbocycles. The second-order valence-electron chi connectivity index (χ2n) is 6.66. The molecule has 144 valence electrons. The maximum Gasteiger partial charge on any atom is 0.453 e. The zero-order valence-corrected chi connectivity index (χ0v) is 14.5. The highest BCUT2D eigenvalue weighted by atomic mass is 19.4. The molecule has 0 saturated carbocycles. The molecule has 10 heteroatoms. The van der Waals surface area contributed by atoms with Gasteiger partial charge in [0.05, 0.1) is 0 Å². The van der Waals surface area contributed by atoms with E-state index in [9.17, 15) is 17.6 Å². The van der Waals surface area contributed by atoms with Crippen LogP contribution < -0.4 is 0 Å². The highest BCUT2D eigenvalue weighted by molar-refractivity contribution is 5.83. The molecule has 0 amide bonds. The summed E-state index contributed by atoms with van der Waals surface area (Å²) in [7, 11) is 0. The lowest BCUT2D eigenvalue weighted by atomic mass is 10.1. The molecule has 3 heterocycles. The summed E-state index contributed by atoms with van der Waals surface area (Å²) in [6, 6.07) is 6.50. The summed E-state index contributed by atoms with van der Waals surface area (Å²) >= 11 is 0. The number of fused-ring (bicyclic) bond motifs is 1. The lowest BCUT2D eigenvalue weighted by Gasteiger charge is -2.37. The second-order valence-corrected chi connectivity index (χ2v) is 6.66. The summed E-state index contributed by atoms with van der Waals surface area (Å²) in [6.45, 7) is 3.43. The van der Waals surface area contributed by atoms with Gasteiger partial charge in [0.1, 0.15) is 11.7 Å². The number of amidine groups is 1. The molecule has 0 bridgehead atoms. The van der Waals surface area contributed by atoms with Gasteiger partial charge in [-0.1, -0.05) is 12.1 Å². The fourth-order valence-corrected chi connectivity index (χ4v) is 3.42. The molecule has 6 nitrogen and oxygen atoms in total. The first-order chi connectivity index (χ1) is 12.9. The van der Waals surface area contributed by atoms with E-state index in [0.29, 0.717) is 38.3 Å². The van der Waals surface area contributed by atoms with E-state index in [0.717, 1.165) is 23.3 Å². The minimum Gasteiger partial charge on any atom is -0.356 e. The summed E-state index contributed by atoms with van der Waals surface area (Å²) < 4.78 is 53.2. The quantitative estimate of drug-likeness (QED) is 0.749. The van der Waals surface area contributed by atoms with Crippen molar-refractivity contribution in [3.05, 3.63) is 47.3 Å². The van der Waals surface area contributed by atoms with E-state index in [4.69, 9.17) is 0 Å². The van der Waals surface area contributed by atoms with E-state index >= 15 is 0 Å². The Balaban J connectivity index is 1.42. The van der Waals surface area contributed by atoms with Crippen LogP contribution in [-0.4, -0.2) is 56.7 Å². The largest absolute Gasteiger partial charge is 0.453 e. The number of hydrogen-bond acceptors (Lipinski definition) is 5. The van der Waals surface area contributed by atoms with E-state index in [1.807, 2.05) is 11.0 Å². The van der Waals surface area contributed by atoms with Crippen molar-refractivity contribution in [3.8, 4) is 0 Å². The van der Waals surface area contributed by atoms with Crippen LogP contribution in [0.15, 0.2) is 29.4 Å². The average molecular weight is 382 g/mol. The number of alkyl halides is 3. The molecule has 27 heavy (non-hydrogen) atoms. The number of nitrogens with zero attached hydrogens (tertiary/aromatic N) is 6. The van der Waals surface area contributed by atoms with E-state index in [2.05, 4.69) is 20.2 Å². The Bertz CT molecular complexity index is 851. The Hall–Kier alpha value is -2.49. The van der Waals surface area contributed by atoms with Crippen LogP contribution in [0.3, 0.4) is 0 Å². The van der Waals surface area contributed by atoms with Crippen molar-refractivity contribution in [1.82, 2.24) is 24.7 Å². The molecule has 1 saturated heterocycles. The maximum atomic E-state index is 13.3. The molecular weight excluding hydrogens is 364 g/mol. The minimum atomic E-state index is -4.58. The maximum absolute atomic E-state index is 13.3. The van der Waals surface area contributed by atoms with Crippen molar-refractivity contribution in [2.45, 2.75) is 25.6 Å². The molecule has 1 aromatic heterocycles. The average Bonchev–Trinajstić information content (AvgIpc) is 3.06. The first-order valence-corrected chi connectivity index (χ1v) is 8.71. The number of halogens is 4. The fraction of sp³-hybridized carbons (Fsp3) is 0.471. The molecule has 2 aliphatic heterocycles. The zero-order valence-electron chi connectivity index (χ0n) is 14.5. The van der Waals surface area contributed by atoms with Gasteiger partial charge in [0.15, 0.2) is 5.82 Å². The van der Waals surface area contributed by atoms with Crippen molar-refractivity contribution >= 4 is 5.84 Å². The number of benzene rings is 1. The standard InChI is InChI=1S/C17H18F4N6/c18-13-3-1-2-12(10-13)11-25-6-8-26(9-7-25)15-5-4-14-22-23-16(17(19,20)21)27(14)24-15/h1-3,10H,4-9,11H2. The van der Waals surface area contributed by atoms with Crippen molar-refractivity contribution in [3.63, 3.8) is 0 Å². The summed E-state index contributed by atoms with van der Waals surface area (Å²) in [5.41, 5.74) is 0.905. The van der Waals surface area contributed by atoms with Crippen LogP contribution >= 0.6 is 0 Å². The predicted molar refractivity (Wildman–Crippen MR) is 89.4 cm³/mol. The number of rotatable bonds is 2. The first kappa shape index (κ1) is 17.9. The molecule has 1 fully saturated rings. The zero-order chi connectivity index (χ0) is 19.0. The van der Waals surface area contributed by atoms with Crippen LogP contribution in [-0.2, 0) is 19.1 Å². The second kappa shape index (κ2) is 6.91. The molecule has 4 rings (SSSR count). The predicted octanol–water partition coefficient (Wildman–Crippen LogP) is 2.36. The molecule has 0 atom stereocenters. The highest BCUT2D eigenvalue weighted by Crippen LogP contribution is 2.29. The number of hydrogen-bond donors (Lipinski definition) is 0. The topological polar surface area (TPSA) is 49.5 Å². The van der Waals surface area contributed by atoms with Crippen LogP contribution in [0.5, 0.6) is 0 Å². The third-order valence-corrected chi connectivity index (χ3v) is 4.78. The van der Waals surface area contributed by atoms with Crippen molar-refractivity contribution in [2.75, 3.05) is 26.2 Å². The summed E-state index contributed by atoms with van der Waals surface area (Å²) in [4.78, 5) is 4.20. The Kier molecular flexibility index (Phi) is 4.58. The van der Waals surface area contributed by atoms with Crippen molar-refractivity contribution < 1.29 is 17.6 Å². The first-order valence-electron chi connectivity index (χ1n) is 8.71. The van der Waals surface area contributed by atoms with Gasteiger partial charge in [-0.25, -0.2) is 4.39 Å². The molecule has 0 spiro atoms. The van der Waals surface area contributed by atoms with E-state index in [-0.39, 0.29) is 11.6 Å². The van der Waals surface area contributed by atoms with E-state index in [1.54, 1.807) is 6.07 Å². The number of piperazine rings is 1. The van der Waals surface area contributed by atoms with Gasteiger partial charge in [-0.15, -0.1) is 10.2 Å². The Morgan fingerprint density at radius 3 is 2.48 bits per heavy atom. The fourth-order valence-electron chi connectivity index (χ4n) is 3.42. The molecule has 0 N–H and O–H groups in total. The third kappa shape index (κ3) is 3.80. The van der Waals surface area contributed by atoms with E-state index < -0.39 is 12.0 Å². The Morgan fingerprint density at radius 2 is 1.78 bits per heavy atom. The normalized spacial score (nSPS) is 18.4. The van der Waals surface area contributed by atoms with Gasteiger partial charge in [-0.05, 0) is 17.7 Å². The summed E-state index contributed by atoms with van der Waals surface area (Å²) in [6.07, 6.45) is -3.66. The smallest absolute Gasteiger partial charge is 0.356 e. The minimum absolute atomic E-state index is 0.232. The SMILES string of the molecule is Fc1cccc(CN2CCN(C3=Nn4c(nnc4C(F)(F)F)CC3)CC2)c1. The van der Waals surface area contributed by atoms with Crippen molar-refractivity contribution in [2.24, 2.45) is 5.10 Å². The monoisotopic (exact) mass is 382 g/mol. The third-order valence-electron chi connectivity index (χ3n) is 4.78. The van der Waals surface area contributed by atoms with Crippen LogP contribution in [0.4, 0.5) is 17.6 Å². The molecule has 0 radical (unpaired) electrons. The van der Waals surface area contributed by atoms with Gasteiger partial charge >= 0.3 is 6.18 Å². The molecule has 2 aliphatic rings. The highest BCUT2D eigenvalue weighted by Gasteiger charge is 2.40. The number of aromatic nitrogens is 3. The van der Waals surface area contributed by atoms with Crippen LogP contribution in [0.25, 0.3) is 0 Å². The molecular formula is C17H18F4N6. The van der Waals surface area contributed by atoms with Gasteiger partial charge in [0.25, 0.3) is 5.82 Å². The molecule has 0 unspecified atom stereocenters. The Morgan fingerprint density at radius 1 is 1.00 bits per heavy atom.